The summed E-state index contributed by atoms with van der Waals surface area (Å²) in [7, 11) is 1.82. The van der Waals surface area contributed by atoms with E-state index in [9.17, 15) is 4.79 Å². The number of carbonyl (C=O) groups is 1. The molecule has 1 aromatic carbocycles. The number of aldehydes is 1. The van der Waals surface area contributed by atoms with Crippen LogP contribution in [0.1, 0.15) is 16.2 Å². The summed E-state index contributed by atoms with van der Waals surface area (Å²) >= 11 is 0. The third-order valence-corrected chi connectivity index (χ3v) is 2.97. The van der Waals surface area contributed by atoms with E-state index in [1.54, 1.807) is 10.9 Å². The number of rotatable bonds is 2. The predicted octanol–water partition coefficient (Wildman–Crippen LogP) is 2.08. The molecule has 0 spiro atoms. The van der Waals surface area contributed by atoms with Gasteiger partial charge in [-0.25, -0.2) is 4.98 Å². The van der Waals surface area contributed by atoms with Crippen molar-refractivity contribution in [2.45, 2.75) is 6.92 Å². The molecule has 0 saturated carbocycles. The maximum absolute atomic E-state index is 11.0. The van der Waals surface area contributed by atoms with E-state index in [4.69, 9.17) is 0 Å². The Morgan fingerprint density at radius 2 is 2.22 bits per heavy atom. The van der Waals surface area contributed by atoms with Gasteiger partial charge in [0.2, 0.25) is 0 Å². The molecule has 0 aliphatic heterocycles. The van der Waals surface area contributed by atoms with E-state index in [0.717, 1.165) is 34.4 Å². The number of H-pyrrole nitrogens is 1. The molecule has 90 valence electrons. The third-order valence-electron chi connectivity index (χ3n) is 2.97. The Kier molecular flexibility index (Phi) is 2.26. The van der Waals surface area contributed by atoms with Crippen molar-refractivity contribution >= 4 is 17.3 Å². The predicted molar refractivity (Wildman–Crippen MR) is 68.4 cm³/mol. The fourth-order valence-electron chi connectivity index (χ4n) is 2.18. The zero-order chi connectivity index (χ0) is 12.7. The summed E-state index contributed by atoms with van der Waals surface area (Å²) < 4.78 is 1.70. The summed E-state index contributed by atoms with van der Waals surface area (Å²) in [6.45, 7) is 1.92. The Morgan fingerprint density at radius 3 is 3.00 bits per heavy atom. The van der Waals surface area contributed by atoms with Gasteiger partial charge >= 0.3 is 0 Å². The highest BCUT2D eigenvalue weighted by molar-refractivity contribution is 5.89. The Morgan fingerprint density at radius 1 is 1.39 bits per heavy atom. The lowest BCUT2D eigenvalue weighted by Crippen LogP contribution is -1.95. The van der Waals surface area contributed by atoms with Crippen LogP contribution in [0.5, 0.6) is 0 Å². The summed E-state index contributed by atoms with van der Waals surface area (Å²) in [6, 6.07) is 5.88. The molecule has 3 aromatic rings. The number of aromatic nitrogens is 4. The fraction of sp³-hybridized carbons (Fsp3) is 0.154. The van der Waals surface area contributed by atoms with Crippen LogP contribution >= 0.6 is 0 Å². The van der Waals surface area contributed by atoms with Gasteiger partial charge in [-0.15, -0.1) is 0 Å². The highest BCUT2D eigenvalue weighted by Gasteiger charge is 2.11. The Bertz CT molecular complexity index is 739. The molecular weight excluding hydrogens is 228 g/mol. The first-order chi connectivity index (χ1) is 8.69. The maximum Gasteiger partial charge on any atom is 0.153 e. The number of fused-ring (bicyclic) bond motifs is 1. The van der Waals surface area contributed by atoms with Crippen molar-refractivity contribution in [3.05, 3.63) is 35.8 Å². The van der Waals surface area contributed by atoms with Crippen molar-refractivity contribution in [2.24, 2.45) is 7.05 Å². The van der Waals surface area contributed by atoms with Gasteiger partial charge in [-0.3, -0.25) is 9.48 Å². The molecule has 0 unspecified atom stereocenters. The number of hydrogen-bond donors (Lipinski definition) is 1. The first-order valence-electron chi connectivity index (χ1n) is 5.63. The third kappa shape index (κ3) is 1.52. The average molecular weight is 240 g/mol. The molecule has 0 atom stereocenters. The Labute approximate surface area is 103 Å². The summed E-state index contributed by atoms with van der Waals surface area (Å²) in [5, 5.41) is 4.11. The van der Waals surface area contributed by atoms with Crippen LogP contribution in [0.25, 0.3) is 22.3 Å². The van der Waals surface area contributed by atoms with Gasteiger partial charge in [-0.2, -0.15) is 5.10 Å². The summed E-state index contributed by atoms with van der Waals surface area (Å²) in [6.07, 6.45) is 2.40. The van der Waals surface area contributed by atoms with Crippen LogP contribution in [0.2, 0.25) is 0 Å². The molecule has 0 fully saturated rings. The Balaban J connectivity index is 2.24. The Hall–Kier alpha value is -2.43. The topological polar surface area (TPSA) is 63.6 Å². The largest absolute Gasteiger partial charge is 0.342 e. The van der Waals surface area contributed by atoms with E-state index in [1.807, 2.05) is 32.2 Å². The van der Waals surface area contributed by atoms with E-state index in [1.165, 1.54) is 0 Å². The molecule has 18 heavy (non-hydrogen) atoms. The molecule has 3 rings (SSSR count). The number of nitrogens with zero attached hydrogens (tertiary/aromatic N) is 3. The van der Waals surface area contributed by atoms with Crippen LogP contribution < -0.4 is 0 Å². The fourth-order valence-corrected chi connectivity index (χ4v) is 2.18. The van der Waals surface area contributed by atoms with Gasteiger partial charge in [0.15, 0.2) is 6.29 Å². The van der Waals surface area contributed by atoms with Gasteiger partial charge in [-0.1, -0.05) is 6.07 Å². The molecular formula is C13H12N4O. The summed E-state index contributed by atoms with van der Waals surface area (Å²) in [5.41, 5.74) is 4.25. The van der Waals surface area contributed by atoms with Crippen molar-refractivity contribution in [3.8, 4) is 11.3 Å². The minimum atomic E-state index is 0.591. The molecule has 5 nitrogen and oxygen atoms in total. The second-order valence-corrected chi connectivity index (χ2v) is 4.24. The molecule has 0 amide bonds. The standard InChI is InChI=1S/C13H12N4O/c1-8-15-11-4-3-9(5-12(11)16-8)13-10(7-18)6-14-17(13)2/h3-7H,1-2H3,(H,15,16). The number of nitrogens with one attached hydrogen (secondary N) is 1. The average Bonchev–Trinajstić information content (AvgIpc) is 2.89. The van der Waals surface area contributed by atoms with Crippen LogP contribution in [0.4, 0.5) is 0 Å². The zero-order valence-corrected chi connectivity index (χ0v) is 10.1. The highest BCUT2D eigenvalue weighted by Crippen LogP contribution is 2.25. The van der Waals surface area contributed by atoms with Crippen LogP contribution in [-0.2, 0) is 7.05 Å². The van der Waals surface area contributed by atoms with Gasteiger partial charge in [0.25, 0.3) is 0 Å². The first-order valence-corrected chi connectivity index (χ1v) is 5.63. The van der Waals surface area contributed by atoms with Crippen LogP contribution in [0.15, 0.2) is 24.4 Å². The maximum atomic E-state index is 11.0. The lowest BCUT2D eigenvalue weighted by atomic mass is 10.1. The molecule has 0 bridgehead atoms. The smallest absolute Gasteiger partial charge is 0.153 e. The summed E-state index contributed by atoms with van der Waals surface area (Å²) in [5.74, 6) is 0.878. The molecule has 5 heteroatoms. The minimum Gasteiger partial charge on any atom is -0.342 e. The van der Waals surface area contributed by atoms with Crippen LogP contribution in [0.3, 0.4) is 0 Å². The number of carbonyl (C=O) groups excluding carboxylic acids is 1. The number of hydrogen-bond acceptors (Lipinski definition) is 3. The number of benzene rings is 1. The van der Waals surface area contributed by atoms with E-state index in [0.29, 0.717) is 5.56 Å². The lowest BCUT2D eigenvalue weighted by molar-refractivity contribution is 0.112. The van der Waals surface area contributed by atoms with Crippen molar-refractivity contribution in [1.82, 2.24) is 19.7 Å². The van der Waals surface area contributed by atoms with Gasteiger partial charge in [0.1, 0.15) is 5.82 Å². The number of aryl methyl sites for hydroxylation is 2. The van der Waals surface area contributed by atoms with Gasteiger partial charge in [0.05, 0.1) is 28.5 Å². The lowest BCUT2D eigenvalue weighted by Gasteiger charge is -2.03. The quantitative estimate of drug-likeness (QED) is 0.697. The molecule has 2 aromatic heterocycles. The van der Waals surface area contributed by atoms with Crippen molar-refractivity contribution < 1.29 is 4.79 Å². The molecule has 0 saturated heterocycles. The van der Waals surface area contributed by atoms with Crippen molar-refractivity contribution in [1.29, 1.82) is 0 Å². The minimum absolute atomic E-state index is 0.591. The van der Waals surface area contributed by atoms with Crippen molar-refractivity contribution in [3.63, 3.8) is 0 Å². The number of imidazole rings is 1. The second kappa shape index (κ2) is 3.80. The first kappa shape index (κ1) is 10.7. The molecule has 0 aliphatic rings. The summed E-state index contributed by atoms with van der Waals surface area (Å²) in [4.78, 5) is 18.5. The molecule has 2 heterocycles. The molecule has 1 N–H and O–H groups in total. The number of aromatic amines is 1. The van der Waals surface area contributed by atoms with E-state index < -0.39 is 0 Å². The second-order valence-electron chi connectivity index (χ2n) is 4.24. The molecule has 0 aliphatic carbocycles. The van der Waals surface area contributed by atoms with Crippen LogP contribution in [0, 0.1) is 6.92 Å². The van der Waals surface area contributed by atoms with Gasteiger partial charge in [-0.05, 0) is 19.1 Å². The van der Waals surface area contributed by atoms with E-state index in [2.05, 4.69) is 15.1 Å². The highest BCUT2D eigenvalue weighted by atomic mass is 16.1. The van der Waals surface area contributed by atoms with E-state index in [-0.39, 0.29) is 0 Å². The normalized spacial score (nSPS) is 11.0. The van der Waals surface area contributed by atoms with Gasteiger partial charge in [0, 0.05) is 12.6 Å². The monoisotopic (exact) mass is 240 g/mol. The molecule has 0 radical (unpaired) electrons. The van der Waals surface area contributed by atoms with Gasteiger partial charge < -0.3 is 4.98 Å². The SMILES string of the molecule is Cc1nc2ccc(-c3c(C=O)cnn3C)cc2[nH]1. The van der Waals surface area contributed by atoms with Crippen LogP contribution in [-0.4, -0.2) is 26.0 Å². The van der Waals surface area contributed by atoms with Crippen molar-refractivity contribution in [2.75, 3.05) is 0 Å². The zero-order valence-electron chi connectivity index (χ0n) is 10.1. The van der Waals surface area contributed by atoms with E-state index >= 15 is 0 Å².